The topological polar surface area (TPSA) is 84.8 Å². The van der Waals surface area contributed by atoms with Crippen LogP contribution in [0.1, 0.15) is 32.8 Å². The van der Waals surface area contributed by atoms with E-state index in [9.17, 15) is 4.79 Å². The molecule has 0 radical (unpaired) electrons. The zero-order chi connectivity index (χ0) is 25.8. The van der Waals surface area contributed by atoms with E-state index in [0.29, 0.717) is 47.7 Å². The van der Waals surface area contributed by atoms with Gasteiger partial charge in [-0.3, -0.25) is 4.79 Å². The highest BCUT2D eigenvalue weighted by Crippen LogP contribution is 2.29. The average Bonchev–Trinajstić information content (AvgIpc) is 2.86. The smallest absolute Gasteiger partial charge is 0.308 e. The van der Waals surface area contributed by atoms with Crippen molar-refractivity contribution in [1.29, 1.82) is 0 Å². The van der Waals surface area contributed by atoms with Crippen molar-refractivity contribution in [3.8, 4) is 34.5 Å². The maximum Gasteiger partial charge on any atom is 0.308 e. The summed E-state index contributed by atoms with van der Waals surface area (Å²) in [4.78, 5) is 16.9. The first-order valence-electron chi connectivity index (χ1n) is 11.7. The number of methoxy groups -OCH3 is 1. The fraction of sp³-hybridized carbons (Fsp3) is 0.286. The minimum absolute atomic E-state index is 0.102. The van der Waals surface area contributed by atoms with Gasteiger partial charge in [0, 0.05) is 30.7 Å². The number of benzene rings is 3. The van der Waals surface area contributed by atoms with E-state index in [1.165, 1.54) is 6.92 Å². The van der Waals surface area contributed by atoms with E-state index in [4.69, 9.17) is 28.5 Å². The Bertz CT molecular complexity index is 1160. The SMILES string of the molecule is CCCON=C(COc1cc(OCC)cc(OC(C)=O)c1)c1cccc(Oc2ccc(OC)cc2)c1. The number of carbonyl (C=O) groups is 1. The summed E-state index contributed by atoms with van der Waals surface area (Å²) in [5, 5.41) is 4.30. The lowest BCUT2D eigenvalue weighted by atomic mass is 10.1. The molecule has 0 aliphatic carbocycles. The Kier molecular flexibility index (Phi) is 10.00. The van der Waals surface area contributed by atoms with Crippen molar-refractivity contribution in [3.05, 3.63) is 72.3 Å². The molecule has 0 bridgehead atoms. The quantitative estimate of drug-likeness (QED) is 0.0946. The van der Waals surface area contributed by atoms with Gasteiger partial charge in [-0.05, 0) is 49.7 Å². The molecule has 0 saturated heterocycles. The van der Waals surface area contributed by atoms with E-state index < -0.39 is 5.97 Å². The van der Waals surface area contributed by atoms with E-state index in [0.717, 1.165) is 17.7 Å². The van der Waals surface area contributed by atoms with Crippen molar-refractivity contribution < 1.29 is 33.3 Å². The number of nitrogens with zero attached hydrogens (tertiary/aromatic N) is 1. The summed E-state index contributed by atoms with van der Waals surface area (Å²) in [6, 6.07) is 19.8. The molecule has 0 atom stereocenters. The number of esters is 1. The summed E-state index contributed by atoms with van der Waals surface area (Å²) < 4.78 is 28.0. The van der Waals surface area contributed by atoms with Crippen LogP contribution in [-0.4, -0.2) is 38.6 Å². The molecule has 190 valence electrons. The number of hydrogen-bond donors (Lipinski definition) is 0. The Labute approximate surface area is 211 Å². The predicted octanol–water partition coefficient (Wildman–Crippen LogP) is 6.02. The highest BCUT2D eigenvalue weighted by atomic mass is 16.6. The second kappa shape index (κ2) is 13.6. The lowest BCUT2D eigenvalue weighted by Crippen LogP contribution is -2.14. The largest absolute Gasteiger partial charge is 0.497 e. The van der Waals surface area contributed by atoms with Crippen molar-refractivity contribution in [3.63, 3.8) is 0 Å². The van der Waals surface area contributed by atoms with E-state index >= 15 is 0 Å². The first-order chi connectivity index (χ1) is 17.5. The Morgan fingerprint density at radius 1 is 0.806 bits per heavy atom. The Morgan fingerprint density at radius 3 is 2.17 bits per heavy atom. The number of ether oxygens (including phenoxy) is 5. The van der Waals surface area contributed by atoms with Crippen molar-refractivity contribution >= 4 is 11.7 Å². The van der Waals surface area contributed by atoms with Crippen molar-refractivity contribution in [2.24, 2.45) is 5.16 Å². The summed E-state index contributed by atoms with van der Waals surface area (Å²) in [6.07, 6.45) is 0.820. The third kappa shape index (κ3) is 8.23. The first kappa shape index (κ1) is 26.4. The molecule has 0 unspecified atom stereocenters. The molecule has 0 aliphatic heterocycles. The maximum atomic E-state index is 11.4. The average molecular weight is 494 g/mol. The normalized spacial score (nSPS) is 10.9. The lowest BCUT2D eigenvalue weighted by molar-refractivity contribution is -0.131. The van der Waals surface area contributed by atoms with Crippen LogP contribution in [0.15, 0.2) is 71.9 Å². The molecule has 0 amide bonds. The third-order valence-electron chi connectivity index (χ3n) is 4.73. The van der Waals surface area contributed by atoms with E-state index in [-0.39, 0.29) is 6.61 Å². The minimum Gasteiger partial charge on any atom is -0.497 e. The van der Waals surface area contributed by atoms with Crippen LogP contribution < -0.4 is 23.7 Å². The van der Waals surface area contributed by atoms with Gasteiger partial charge in [0.15, 0.2) is 0 Å². The Morgan fingerprint density at radius 2 is 1.50 bits per heavy atom. The maximum absolute atomic E-state index is 11.4. The number of rotatable bonds is 13. The van der Waals surface area contributed by atoms with Gasteiger partial charge in [-0.25, -0.2) is 0 Å². The molecule has 3 aromatic rings. The summed E-state index contributed by atoms with van der Waals surface area (Å²) >= 11 is 0. The molecule has 0 spiro atoms. The summed E-state index contributed by atoms with van der Waals surface area (Å²) in [6.45, 7) is 6.25. The zero-order valence-corrected chi connectivity index (χ0v) is 21.0. The van der Waals surface area contributed by atoms with Crippen LogP contribution in [0.25, 0.3) is 0 Å². The molecule has 0 heterocycles. The minimum atomic E-state index is -0.432. The fourth-order valence-electron chi connectivity index (χ4n) is 3.15. The second-order valence-electron chi connectivity index (χ2n) is 7.63. The molecule has 8 heteroatoms. The third-order valence-corrected chi connectivity index (χ3v) is 4.73. The molecule has 0 aromatic heterocycles. The van der Waals surface area contributed by atoms with Crippen molar-refractivity contribution in [2.45, 2.75) is 27.2 Å². The van der Waals surface area contributed by atoms with Gasteiger partial charge in [0.25, 0.3) is 0 Å². The molecule has 0 saturated carbocycles. The molecule has 3 rings (SSSR count). The molecular formula is C28H31NO7. The fourth-order valence-corrected chi connectivity index (χ4v) is 3.15. The molecule has 0 N–H and O–H groups in total. The van der Waals surface area contributed by atoms with E-state index in [1.807, 2.05) is 62.4 Å². The van der Waals surface area contributed by atoms with E-state index in [2.05, 4.69) is 5.16 Å². The first-order valence-corrected chi connectivity index (χ1v) is 11.7. The number of oxime groups is 1. The van der Waals surface area contributed by atoms with Crippen LogP contribution >= 0.6 is 0 Å². The number of hydrogen-bond acceptors (Lipinski definition) is 8. The highest BCUT2D eigenvalue weighted by molar-refractivity contribution is 6.01. The molecular weight excluding hydrogens is 462 g/mol. The molecule has 0 fully saturated rings. The van der Waals surface area contributed by atoms with E-state index in [1.54, 1.807) is 25.3 Å². The van der Waals surface area contributed by atoms with Gasteiger partial charge in [-0.2, -0.15) is 0 Å². The van der Waals surface area contributed by atoms with Crippen molar-refractivity contribution in [1.82, 2.24) is 0 Å². The predicted molar refractivity (Wildman–Crippen MR) is 137 cm³/mol. The van der Waals surface area contributed by atoms with Crippen LogP contribution in [0.2, 0.25) is 0 Å². The monoisotopic (exact) mass is 493 g/mol. The van der Waals surface area contributed by atoms with Gasteiger partial charge in [-0.15, -0.1) is 0 Å². The van der Waals surface area contributed by atoms with Gasteiger partial charge < -0.3 is 28.5 Å². The van der Waals surface area contributed by atoms with Gasteiger partial charge in [0.05, 0.1) is 13.7 Å². The number of carbonyl (C=O) groups excluding carboxylic acids is 1. The molecule has 0 aliphatic rings. The second-order valence-corrected chi connectivity index (χ2v) is 7.63. The molecule has 3 aromatic carbocycles. The lowest BCUT2D eigenvalue weighted by Gasteiger charge is -2.13. The van der Waals surface area contributed by atoms with Crippen LogP contribution in [0.3, 0.4) is 0 Å². The highest BCUT2D eigenvalue weighted by Gasteiger charge is 2.11. The van der Waals surface area contributed by atoms with Gasteiger partial charge >= 0.3 is 5.97 Å². The standard InChI is InChI=1S/C28H31NO7/c1-5-14-34-29-28(19-33-26-16-25(32-6-2)17-27(18-26)35-20(3)30)21-8-7-9-24(15-21)36-23-12-10-22(31-4)11-13-23/h7-13,15-18H,5-6,14,19H2,1-4H3. The van der Waals surface area contributed by atoms with Crippen LogP contribution in [0.5, 0.6) is 34.5 Å². The Balaban J connectivity index is 1.80. The van der Waals surface area contributed by atoms with Gasteiger partial charge in [0.2, 0.25) is 0 Å². The van der Waals surface area contributed by atoms with Gasteiger partial charge in [0.1, 0.15) is 53.4 Å². The van der Waals surface area contributed by atoms with Gasteiger partial charge in [-0.1, -0.05) is 24.2 Å². The zero-order valence-electron chi connectivity index (χ0n) is 21.0. The van der Waals surface area contributed by atoms with Crippen molar-refractivity contribution in [2.75, 3.05) is 26.9 Å². The molecule has 36 heavy (non-hydrogen) atoms. The Hall–Kier alpha value is -4.20. The van der Waals surface area contributed by atoms with Crippen LogP contribution in [-0.2, 0) is 9.63 Å². The molecule has 8 nitrogen and oxygen atoms in total. The summed E-state index contributed by atoms with van der Waals surface area (Å²) in [5.74, 6) is 2.96. The van der Waals surface area contributed by atoms with Crippen LogP contribution in [0.4, 0.5) is 0 Å². The van der Waals surface area contributed by atoms with Crippen LogP contribution in [0, 0.1) is 0 Å². The summed E-state index contributed by atoms with van der Waals surface area (Å²) in [7, 11) is 1.62. The summed E-state index contributed by atoms with van der Waals surface area (Å²) in [5.41, 5.74) is 1.35.